The van der Waals surface area contributed by atoms with Crippen LogP contribution in [0, 0.1) is 6.92 Å². The summed E-state index contributed by atoms with van der Waals surface area (Å²) < 4.78 is 11.3. The van der Waals surface area contributed by atoms with Crippen LogP contribution in [0.4, 0.5) is 0 Å². The molecule has 0 aromatic heterocycles. The predicted molar refractivity (Wildman–Crippen MR) is 90.8 cm³/mol. The third-order valence-electron chi connectivity index (χ3n) is 3.84. The number of allylic oxidation sites excluding steroid dienone is 2. The highest BCUT2D eigenvalue weighted by atomic mass is 16.5. The van der Waals surface area contributed by atoms with Crippen LogP contribution >= 0.6 is 0 Å². The molecule has 0 bridgehead atoms. The first kappa shape index (κ1) is 16.0. The molecule has 3 rings (SSSR count). The maximum atomic E-state index is 12.3. The lowest BCUT2D eigenvalue weighted by Gasteiger charge is -2.08. The number of benzene rings is 2. The van der Waals surface area contributed by atoms with Crippen molar-refractivity contribution in [2.45, 2.75) is 20.8 Å². The molecule has 1 aliphatic rings. The van der Waals surface area contributed by atoms with Crippen molar-refractivity contribution in [2.75, 3.05) is 6.61 Å². The van der Waals surface area contributed by atoms with Gasteiger partial charge in [-0.1, -0.05) is 30.3 Å². The Morgan fingerprint density at radius 2 is 1.83 bits per heavy atom. The van der Waals surface area contributed by atoms with E-state index in [2.05, 4.69) is 0 Å². The monoisotopic (exact) mass is 322 g/mol. The highest BCUT2D eigenvalue weighted by molar-refractivity contribution is 6.13. The second kappa shape index (κ2) is 6.32. The molecule has 0 atom stereocenters. The van der Waals surface area contributed by atoms with E-state index in [-0.39, 0.29) is 18.2 Å². The normalized spacial score (nSPS) is 12.6. The first-order valence-electron chi connectivity index (χ1n) is 7.73. The van der Waals surface area contributed by atoms with E-state index in [0.29, 0.717) is 28.4 Å². The number of hydrogen-bond acceptors (Lipinski definition) is 4. The van der Waals surface area contributed by atoms with E-state index in [1.54, 1.807) is 24.3 Å². The van der Waals surface area contributed by atoms with Crippen LogP contribution in [-0.4, -0.2) is 18.2 Å². The molecule has 0 amide bonds. The summed E-state index contributed by atoms with van der Waals surface area (Å²) >= 11 is 0. The van der Waals surface area contributed by atoms with Crippen molar-refractivity contribution in [1.29, 1.82) is 0 Å². The first-order chi connectivity index (χ1) is 11.5. The van der Waals surface area contributed by atoms with Gasteiger partial charge in [-0.2, -0.15) is 0 Å². The largest absolute Gasteiger partial charge is 0.485 e. The molecule has 0 fully saturated rings. The number of rotatable bonds is 4. The van der Waals surface area contributed by atoms with Gasteiger partial charge in [0.05, 0.1) is 5.56 Å². The van der Waals surface area contributed by atoms with Crippen molar-refractivity contribution in [3.05, 3.63) is 70.5 Å². The number of Topliss-reactive ketones (excluding diaryl/α,β-unsaturated/α-hetero) is 2. The lowest BCUT2D eigenvalue weighted by Crippen LogP contribution is -2.11. The van der Waals surface area contributed by atoms with Crippen molar-refractivity contribution in [2.24, 2.45) is 0 Å². The van der Waals surface area contributed by atoms with Gasteiger partial charge in [-0.15, -0.1) is 0 Å². The van der Waals surface area contributed by atoms with Crippen LogP contribution in [0.25, 0.3) is 0 Å². The number of ketones is 2. The number of carbonyl (C=O) groups excluding carboxylic acids is 2. The van der Waals surface area contributed by atoms with Crippen LogP contribution in [0.1, 0.15) is 40.1 Å². The Bertz CT molecular complexity index is 843. The van der Waals surface area contributed by atoms with E-state index in [1.165, 1.54) is 0 Å². The highest BCUT2D eigenvalue weighted by Gasteiger charge is 2.30. The second-order valence-electron chi connectivity index (χ2n) is 5.95. The average Bonchev–Trinajstić information content (AvgIpc) is 2.91. The fourth-order valence-electron chi connectivity index (χ4n) is 2.63. The Labute approximate surface area is 140 Å². The Morgan fingerprint density at radius 3 is 2.50 bits per heavy atom. The maximum Gasteiger partial charge on any atom is 0.232 e. The van der Waals surface area contributed by atoms with Gasteiger partial charge in [-0.05, 0) is 38.0 Å². The quantitative estimate of drug-likeness (QED) is 0.627. The molecule has 0 spiro atoms. The molecule has 1 aliphatic heterocycles. The van der Waals surface area contributed by atoms with Crippen LogP contribution in [0.15, 0.2) is 53.8 Å². The number of fused-ring (bicyclic) bond motifs is 1. The molecule has 24 heavy (non-hydrogen) atoms. The van der Waals surface area contributed by atoms with Gasteiger partial charge in [0.1, 0.15) is 11.5 Å². The fraction of sp³-hybridized carbons (Fsp3) is 0.200. The van der Waals surface area contributed by atoms with Crippen LogP contribution in [-0.2, 0) is 0 Å². The summed E-state index contributed by atoms with van der Waals surface area (Å²) in [4.78, 5) is 24.5. The van der Waals surface area contributed by atoms with Crippen molar-refractivity contribution in [3.8, 4) is 11.5 Å². The molecule has 1 heterocycles. The minimum atomic E-state index is -0.102. The van der Waals surface area contributed by atoms with Crippen LogP contribution < -0.4 is 9.47 Å². The van der Waals surface area contributed by atoms with Gasteiger partial charge in [0.2, 0.25) is 5.78 Å². The minimum Gasteiger partial charge on any atom is -0.485 e. The van der Waals surface area contributed by atoms with E-state index in [9.17, 15) is 9.59 Å². The predicted octanol–water partition coefficient (Wildman–Crippen LogP) is 4.13. The standard InChI is InChI=1S/C20H18O4/c1-12(2)20-19(22)18-13(3)9-15(10-17(18)24-20)23-11-16(21)14-7-5-4-6-8-14/h4-10H,11H2,1-3H3. The molecule has 2 aromatic carbocycles. The molecular formula is C20H18O4. The Balaban J connectivity index is 1.79. The molecule has 122 valence electrons. The number of ether oxygens (including phenoxy) is 2. The Kier molecular flexibility index (Phi) is 4.21. The van der Waals surface area contributed by atoms with Crippen molar-refractivity contribution >= 4 is 11.6 Å². The second-order valence-corrected chi connectivity index (χ2v) is 5.95. The summed E-state index contributed by atoms with van der Waals surface area (Å²) in [5, 5.41) is 0. The molecule has 0 N–H and O–H groups in total. The SMILES string of the molecule is CC(C)=C1Oc2cc(OCC(=O)c3ccccc3)cc(C)c2C1=O. The number of carbonyl (C=O) groups is 2. The molecule has 4 nitrogen and oxygen atoms in total. The molecule has 0 radical (unpaired) electrons. The zero-order chi connectivity index (χ0) is 17.3. The van der Waals surface area contributed by atoms with E-state index in [0.717, 1.165) is 11.1 Å². The highest BCUT2D eigenvalue weighted by Crippen LogP contribution is 2.37. The van der Waals surface area contributed by atoms with Gasteiger partial charge in [0.15, 0.2) is 18.1 Å². The average molecular weight is 322 g/mol. The topological polar surface area (TPSA) is 52.6 Å². The van der Waals surface area contributed by atoms with Gasteiger partial charge in [-0.3, -0.25) is 9.59 Å². The van der Waals surface area contributed by atoms with Crippen LogP contribution in [0.2, 0.25) is 0 Å². The smallest absolute Gasteiger partial charge is 0.232 e. The van der Waals surface area contributed by atoms with Gasteiger partial charge < -0.3 is 9.47 Å². The lowest BCUT2D eigenvalue weighted by molar-refractivity contribution is 0.0920. The maximum absolute atomic E-state index is 12.3. The first-order valence-corrected chi connectivity index (χ1v) is 7.73. The van der Waals surface area contributed by atoms with Crippen molar-refractivity contribution in [1.82, 2.24) is 0 Å². The summed E-state index contributed by atoms with van der Waals surface area (Å²) in [6, 6.07) is 12.4. The number of aryl methyl sites for hydroxylation is 1. The van der Waals surface area contributed by atoms with Gasteiger partial charge in [0.25, 0.3) is 0 Å². The third kappa shape index (κ3) is 2.95. The van der Waals surface area contributed by atoms with Crippen LogP contribution in [0.5, 0.6) is 11.5 Å². The van der Waals surface area contributed by atoms with Crippen molar-refractivity contribution < 1.29 is 19.1 Å². The summed E-state index contributed by atoms with van der Waals surface area (Å²) in [5.41, 5.74) is 2.77. The fourth-order valence-corrected chi connectivity index (χ4v) is 2.63. The third-order valence-corrected chi connectivity index (χ3v) is 3.84. The zero-order valence-electron chi connectivity index (χ0n) is 13.9. The zero-order valence-corrected chi connectivity index (χ0v) is 13.9. The molecular weight excluding hydrogens is 304 g/mol. The lowest BCUT2D eigenvalue weighted by atomic mass is 10.0. The molecule has 4 heteroatoms. The van der Waals surface area contributed by atoms with E-state index in [4.69, 9.17) is 9.47 Å². The Hall–Kier alpha value is -2.88. The van der Waals surface area contributed by atoms with E-state index in [1.807, 2.05) is 39.0 Å². The Morgan fingerprint density at radius 1 is 1.12 bits per heavy atom. The summed E-state index contributed by atoms with van der Waals surface area (Å²) in [7, 11) is 0. The van der Waals surface area contributed by atoms with Gasteiger partial charge in [0, 0.05) is 11.6 Å². The number of hydrogen-bond donors (Lipinski definition) is 0. The minimum absolute atomic E-state index is 0.0638. The molecule has 0 unspecified atom stereocenters. The van der Waals surface area contributed by atoms with Gasteiger partial charge in [-0.25, -0.2) is 0 Å². The molecule has 0 saturated heterocycles. The molecule has 0 aliphatic carbocycles. The van der Waals surface area contributed by atoms with Crippen LogP contribution in [0.3, 0.4) is 0 Å². The van der Waals surface area contributed by atoms with Gasteiger partial charge >= 0.3 is 0 Å². The van der Waals surface area contributed by atoms with Crippen molar-refractivity contribution in [3.63, 3.8) is 0 Å². The molecule has 0 saturated carbocycles. The summed E-state index contributed by atoms with van der Waals surface area (Å²) in [6.07, 6.45) is 0. The summed E-state index contributed by atoms with van der Waals surface area (Å²) in [5.74, 6) is 1.16. The van der Waals surface area contributed by atoms with E-state index < -0.39 is 0 Å². The summed E-state index contributed by atoms with van der Waals surface area (Å²) in [6.45, 7) is 5.44. The molecule has 2 aromatic rings. The van der Waals surface area contributed by atoms with E-state index >= 15 is 0 Å².